The summed E-state index contributed by atoms with van der Waals surface area (Å²) in [6.45, 7) is 0.648. The smallest absolute Gasteiger partial charge is 0.337 e. The Morgan fingerprint density at radius 3 is 2.54 bits per heavy atom. The first-order chi connectivity index (χ1) is 11.7. The molecule has 5 heteroatoms. The van der Waals surface area contributed by atoms with Crippen LogP contribution in [-0.2, 0) is 11.3 Å². The molecule has 5 nitrogen and oxygen atoms in total. The van der Waals surface area contributed by atoms with Crippen LogP contribution in [0.1, 0.15) is 15.9 Å². The van der Waals surface area contributed by atoms with Crippen molar-refractivity contribution in [3.63, 3.8) is 0 Å². The van der Waals surface area contributed by atoms with Crippen LogP contribution in [0.15, 0.2) is 60.9 Å². The maximum atomic E-state index is 11.5. The Balaban J connectivity index is 1.87. The second-order valence-electron chi connectivity index (χ2n) is 5.27. The molecule has 1 heterocycles. The number of hydrogen-bond donors (Lipinski definition) is 0. The summed E-state index contributed by atoms with van der Waals surface area (Å²) in [5.41, 5.74) is 2.55. The number of methoxy groups -OCH3 is 2. The van der Waals surface area contributed by atoms with E-state index in [9.17, 15) is 4.79 Å². The number of hydrogen-bond acceptors (Lipinski definition) is 4. The molecule has 0 unspecified atom stereocenters. The van der Waals surface area contributed by atoms with Crippen LogP contribution in [-0.4, -0.2) is 29.7 Å². The van der Waals surface area contributed by atoms with Gasteiger partial charge in [-0.1, -0.05) is 24.3 Å². The van der Waals surface area contributed by atoms with E-state index >= 15 is 0 Å². The fraction of sp³-hybridized carbons (Fsp3) is 0.158. The van der Waals surface area contributed by atoms with E-state index in [1.165, 1.54) is 7.11 Å². The van der Waals surface area contributed by atoms with Gasteiger partial charge < -0.3 is 14.0 Å². The molecule has 0 aliphatic heterocycles. The number of carbonyl (C=O) groups excluding carboxylic acids is 1. The summed E-state index contributed by atoms with van der Waals surface area (Å²) in [5.74, 6) is 1.29. The van der Waals surface area contributed by atoms with Gasteiger partial charge in [0, 0.05) is 18.9 Å². The van der Waals surface area contributed by atoms with Crippen LogP contribution in [0.25, 0.3) is 11.4 Å². The highest BCUT2D eigenvalue weighted by atomic mass is 16.5. The molecular formula is C19H18N2O3. The molecular weight excluding hydrogens is 304 g/mol. The van der Waals surface area contributed by atoms with Crippen molar-refractivity contribution in [1.82, 2.24) is 9.55 Å². The Hall–Kier alpha value is -3.08. The van der Waals surface area contributed by atoms with Gasteiger partial charge in [-0.2, -0.15) is 0 Å². The van der Waals surface area contributed by atoms with Gasteiger partial charge in [0.15, 0.2) is 0 Å². The van der Waals surface area contributed by atoms with Crippen molar-refractivity contribution in [3.8, 4) is 17.1 Å². The highest BCUT2D eigenvalue weighted by molar-refractivity contribution is 5.89. The summed E-state index contributed by atoms with van der Waals surface area (Å²) in [4.78, 5) is 16.0. The fourth-order valence-electron chi connectivity index (χ4n) is 2.57. The van der Waals surface area contributed by atoms with Gasteiger partial charge in [0.05, 0.1) is 25.3 Å². The number of carbonyl (C=O) groups is 1. The van der Waals surface area contributed by atoms with E-state index < -0.39 is 0 Å². The zero-order valence-electron chi connectivity index (χ0n) is 13.6. The van der Waals surface area contributed by atoms with Crippen LogP contribution in [0.4, 0.5) is 0 Å². The fourth-order valence-corrected chi connectivity index (χ4v) is 2.57. The largest absolute Gasteiger partial charge is 0.496 e. The summed E-state index contributed by atoms with van der Waals surface area (Å²) < 4.78 is 12.2. The van der Waals surface area contributed by atoms with Gasteiger partial charge in [0.2, 0.25) is 0 Å². The number of nitrogens with zero attached hydrogens (tertiary/aromatic N) is 2. The van der Waals surface area contributed by atoms with Crippen LogP contribution in [0, 0.1) is 0 Å². The second-order valence-corrected chi connectivity index (χ2v) is 5.27. The van der Waals surface area contributed by atoms with Crippen molar-refractivity contribution < 1.29 is 14.3 Å². The average Bonchev–Trinajstić information content (AvgIpc) is 3.09. The molecule has 0 fully saturated rings. The standard InChI is InChI=1S/C19H18N2O3/c1-23-17-6-4-3-5-16(17)18-20-11-12-21(18)13-14-7-9-15(10-8-14)19(22)24-2/h3-12H,13H2,1-2H3. The van der Waals surface area contributed by atoms with E-state index in [2.05, 4.69) is 4.98 Å². The van der Waals surface area contributed by atoms with Crippen LogP contribution in [0.3, 0.4) is 0 Å². The van der Waals surface area contributed by atoms with Gasteiger partial charge in [-0.05, 0) is 29.8 Å². The Morgan fingerprint density at radius 1 is 1.08 bits per heavy atom. The molecule has 0 spiro atoms. The predicted octanol–water partition coefficient (Wildman–Crippen LogP) is 3.39. The summed E-state index contributed by atoms with van der Waals surface area (Å²) in [7, 11) is 3.03. The van der Waals surface area contributed by atoms with Crippen LogP contribution < -0.4 is 4.74 Å². The van der Waals surface area contributed by atoms with E-state index in [1.54, 1.807) is 25.4 Å². The molecule has 3 rings (SSSR count). The molecule has 24 heavy (non-hydrogen) atoms. The number of aromatic nitrogens is 2. The van der Waals surface area contributed by atoms with Crippen molar-refractivity contribution in [1.29, 1.82) is 0 Å². The Kier molecular flexibility index (Phi) is 4.61. The molecule has 0 amide bonds. The van der Waals surface area contributed by atoms with Gasteiger partial charge >= 0.3 is 5.97 Å². The summed E-state index contributed by atoms with van der Waals surface area (Å²) in [5, 5.41) is 0. The van der Waals surface area contributed by atoms with Crippen LogP contribution in [0.2, 0.25) is 0 Å². The maximum absolute atomic E-state index is 11.5. The van der Waals surface area contributed by atoms with Crippen molar-refractivity contribution in [2.45, 2.75) is 6.54 Å². The molecule has 0 aliphatic rings. The number of rotatable bonds is 5. The monoisotopic (exact) mass is 322 g/mol. The molecule has 0 bridgehead atoms. The minimum atomic E-state index is -0.334. The van der Waals surface area contributed by atoms with Gasteiger partial charge in [-0.15, -0.1) is 0 Å². The van der Waals surface area contributed by atoms with E-state index in [4.69, 9.17) is 9.47 Å². The average molecular weight is 322 g/mol. The number of para-hydroxylation sites is 1. The second kappa shape index (κ2) is 7.00. The topological polar surface area (TPSA) is 53.4 Å². The first-order valence-corrected chi connectivity index (χ1v) is 7.54. The number of esters is 1. The van der Waals surface area contributed by atoms with Crippen molar-refractivity contribution in [2.75, 3.05) is 14.2 Å². The third-order valence-corrected chi connectivity index (χ3v) is 3.79. The predicted molar refractivity (Wildman–Crippen MR) is 91.1 cm³/mol. The number of imidazole rings is 1. The molecule has 0 radical (unpaired) electrons. The number of ether oxygens (including phenoxy) is 2. The first kappa shape index (κ1) is 15.8. The molecule has 0 N–H and O–H groups in total. The van der Waals surface area contributed by atoms with E-state index in [-0.39, 0.29) is 5.97 Å². The third kappa shape index (κ3) is 3.15. The molecule has 1 aromatic heterocycles. The lowest BCUT2D eigenvalue weighted by Crippen LogP contribution is -2.04. The summed E-state index contributed by atoms with van der Waals surface area (Å²) in [6, 6.07) is 15.2. The summed E-state index contributed by atoms with van der Waals surface area (Å²) >= 11 is 0. The lowest BCUT2D eigenvalue weighted by molar-refractivity contribution is 0.0600. The van der Waals surface area contributed by atoms with Gasteiger partial charge in [-0.3, -0.25) is 0 Å². The van der Waals surface area contributed by atoms with Crippen molar-refractivity contribution in [3.05, 3.63) is 72.1 Å². The van der Waals surface area contributed by atoms with Crippen molar-refractivity contribution >= 4 is 5.97 Å². The Labute approximate surface area is 140 Å². The molecule has 0 saturated carbocycles. The minimum absolute atomic E-state index is 0.334. The molecule has 2 aromatic carbocycles. The molecule has 0 atom stereocenters. The zero-order chi connectivity index (χ0) is 16.9. The van der Waals surface area contributed by atoms with E-state index in [0.29, 0.717) is 12.1 Å². The van der Waals surface area contributed by atoms with Crippen molar-refractivity contribution in [2.24, 2.45) is 0 Å². The summed E-state index contributed by atoms with van der Waals surface area (Å²) in [6.07, 6.45) is 3.70. The lowest BCUT2D eigenvalue weighted by atomic mass is 10.1. The van der Waals surface area contributed by atoms with Gasteiger partial charge in [0.1, 0.15) is 11.6 Å². The third-order valence-electron chi connectivity index (χ3n) is 3.79. The van der Waals surface area contributed by atoms with Gasteiger partial charge in [-0.25, -0.2) is 9.78 Å². The van der Waals surface area contributed by atoms with Crippen LogP contribution in [0.5, 0.6) is 5.75 Å². The minimum Gasteiger partial charge on any atom is -0.496 e. The Bertz CT molecular complexity index is 838. The normalized spacial score (nSPS) is 10.4. The Morgan fingerprint density at radius 2 is 1.83 bits per heavy atom. The zero-order valence-corrected chi connectivity index (χ0v) is 13.6. The molecule has 122 valence electrons. The molecule has 0 saturated heterocycles. The quantitative estimate of drug-likeness (QED) is 0.676. The molecule has 0 aliphatic carbocycles. The lowest BCUT2D eigenvalue weighted by Gasteiger charge is -2.11. The molecule has 3 aromatic rings. The van der Waals surface area contributed by atoms with Crippen LogP contribution >= 0.6 is 0 Å². The van der Waals surface area contributed by atoms with E-state index in [1.807, 2.05) is 47.2 Å². The van der Waals surface area contributed by atoms with Gasteiger partial charge in [0.25, 0.3) is 0 Å². The maximum Gasteiger partial charge on any atom is 0.337 e. The first-order valence-electron chi connectivity index (χ1n) is 7.54. The number of benzene rings is 2. The SMILES string of the molecule is COC(=O)c1ccc(Cn2ccnc2-c2ccccc2OC)cc1. The highest BCUT2D eigenvalue weighted by Crippen LogP contribution is 2.28. The van der Waals surface area contributed by atoms with E-state index in [0.717, 1.165) is 22.7 Å². The highest BCUT2D eigenvalue weighted by Gasteiger charge is 2.11.